The van der Waals surface area contributed by atoms with Crippen LogP contribution in [-0.4, -0.2) is 44.8 Å². The molecular formula is C16H26N2O. The monoisotopic (exact) mass is 262 g/mol. The fourth-order valence-electron chi connectivity index (χ4n) is 2.76. The molecule has 0 aromatic heterocycles. The second-order valence-corrected chi connectivity index (χ2v) is 5.87. The molecule has 1 N–H and O–H groups in total. The first kappa shape index (κ1) is 14.5. The summed E-state index contributed by atoms with van der Waals surface area (Å²) in [7, 11) is 4.27. The molecule has 1 saturated heterocycles. The number of likely N-dealkylation sites (N-methyl/N-ethyl adjacent to an activating group) is 1. The fourth-order valence-corrected chi connectivity index (χ4v) is 2.76. The average molecular weight is 262 g/mol. The summed E-state index contributed by atoms with van der Waals surface area (Å²) in [4.78, 5) is 2.27. The topological polar surface area (TPSA) is 24.5 Å². The van der Waals surface area contributed by atoms with Crippen molar-refractivity contribution in [2.24, 2.45) is 0 Å². The molecule has 0 amide bonds. The molecule has 3 heteroatoms. The first-order valence-corrected chi connectivity index (χ1v) is 7.17. The maximum absolute atomic E-state index is 5.61. The van der Waals surface area contributed by atoms with Crippen molar-refractivity contribution in [1.29, 1.82) is 0 Å². The zero-order valence-electron chi connectivity index (χ0n) is 12.5. The van der Waals surface area contributed by atoms with Gasteiger partial charge in [0.1, 0.15) is 0 Å². The second kappa shape index (κ2) is 6.51. The predicted molar refractivity (Wildman–Crippen MR) is 79.6 cm³/mol. The highest BCUT2D eigenvalue weighted by molar-refractivity contribution is 5.28. The van der Waals surface area contributed by atoms with Crippen molar-refractivity contribution in [2.75, 3.05) is 33.9 Å². The van der Waals surface area contributed by atoms with E-state index in [1.165, 1.54) is 11.1 Å². The second-order valence-electron chi connectivity index (χ2n) is 5.87. The lowest BCUT2D eigenvalue weighted by molar-refractivity contribution is 0.0459. The van der Waals surface area contributed by atoms with Crippen molar-refractivity contribution in [3.05, 3.63) is 35.4 Å². The Morgan fingerprint density at radius 1 is 1.16 bits per heavy atom. The molecule has 0 bridgehead atoms. The van der Waals surface area contributed by atoms with Crippen LogP contribution in [0.4, 0.5) is 0 Å². The third-order valence-corrected chi connectivity index (χ3v) is 3.83. The van der Waals surface area contributed by atoms with Gasteiger partial charge in [-0.05, 0) is 31.1 Å². The molecule has 1 heterocycles. The van der Waals surface area contributed by atoms with Crippen molar-refractivity contribution >= 4 is 0 Å². The van der Waals surface area contributed by atoms with Crippen molar-refractivity contribution in [3.63, 3.8) is 0 Å². The highest BCUT2D eigenvalue weighted by Gasteiger charge is 2.26. The maximum Gasteiger partial charge on any atom is 0.0639 e. The number of morpholine rings is 1. The molecule has 1 fully saturated rings. The summed E-state index contributed by atoms with van der Waals surface area (Å²) in [5, 5.41) is 3.57. The minimum Gasteiger partial charge on any atom is -0.378 e. The number of benzene rings is 1. The molecule has 1 aliphatic heterocycles. The van der Waals surface area contributed by atoms with Crippen LogP contribution in [0, 0.1) is 0 Å². The molecule has 2 rings (SSSR count). The van der Waals surface area contributed by atoms with Crippen LogP contribution < -0.4 is 5.32 Å². The minimum absolute atomic E-state index is 0.363. The summed E-state index contributed by atoms with van der Waals surface area (Å²) < 4.78 is 5.61. The SMILES string of the molecule is CC(C)c1ccc(C(C2COCCN2)N(C)C)cc1. The highest BCUT2D eigenvalue weighted by atomic mass is 16.5. The van der Waals surface area contributed by atoms with Gasteiger partial charge in [-0.1, -0.05) is 38.1 Å². The van der Waals surface area contributed by atoms with Gasteiger partial charge in [-0.2, -0.15) is 0 Å². The van der Waals surface area contributed by atoms with Gasteiger partial charge in [0.05, 0.1) is 25.3 Å². The lowest BCUT2D eigenvalue weighted by Gasteiger charge is -2.35. The molecule has 0 spiro atoms. The van der Waals surface area contributed by atoms with Crippen LogP contribution in [0.15, 0.2) is 24.3 Å². The summed E-state index contributed by atoms with van der Waals surface area (Å²) in [5.41, 5.74) is 2.76. The van der Waals surface area contributed by atoms with E-state index in [0.29, 0.717) is 18.0 Å². The van der Waals surface area contributed by atoms with E-state index in [1.54, 1.807) is 0 Å². The van der Waals surface area contributed by atoms with Crippen LogP contribution in [0.3, 0.4) is 0 Å². The Kier molecular flexibility index (Phi) is 4.97. The van der Waals surface area contributed by atoms with E-state index in [1.807, 2.05) is 0 Å². The molecule has 3 nitrogen and oxygen atoms in total. The number of nitrogens with one attached hydrogen (secondary N) is 1. The number of hydrogen-bond acceptors (Lipinski definition) is 3. The molecule has 106 valence electrons. The van der Waals surface area contributed by atoms with Crippen LogP contribution >= 0.6 is 0 Å². The summed E-state index contributed by atoms with van der Waals surface area (Å²) >= 11 is 0. The third-order valence-electron chi connectivity index (χ3n) is 3.83. The number of rotatable bonds is 4. The number of ether oxygens (including phenoxy) is 1. The Bertz CT molecular complexity index is 380. The zero-order chi connectivity index (χ0) is 13.8. The summed E-state index contributed by atoms with van der Waals surface area (Å²) in [6.07, 6.45) is 0. The van der Waals surface area contributed by atoms with Gasteiger partial charge < -0.3 is 15.0 Å². The Hall–Kier alpha value is -0.900. The Balaban J connectivity index is 2.18. The average Bonchev–Trinajstić information content (AvgIpc) is 2.40. The molecule has 1 aromatic rings. The van der Waals surface area contributed by atoms with E-state index >= 15 is 0 Å². The molecule has 0 radical (unpaired) electrons. The third kappa shape index (κ3) is 3.56. The molecular weight excluding hydrogens is 236 g/mol. The first-order valence-electron chi connectivity index (χ1n) is 7.17. The summed E-state index contributed by atoms with van der Waals surface area (Å²) in [5.74, 6) is 0.586. The van der Waals surface area contributed by atoms with Gasteiger partial charge in [-0.3, -0.25) is 0 Å². The Morgan fingerprint density at radius 2 is 1.79 bits per heavy atom. The van der Waals surface area contributed by atoms with E-state index in [-0.39, 0.29) is 0 Å². The largest absolute Gasteiger partial charge is 0.378 e. The predicted octanol–water partition coefficient (Wildman–Crippen LogP) is 2.40. The van der Waals surface area contributed by atoms with Crippen LogP contribution in [0.5, 0.6) is 0 Å². The van der Waals surface area contributed by atoms with Gasteiger partial charge >= 0.3 is 0 Å². The van der Waals surface area contributed by atoms with E-state index < -0.39 is 0 Å². The van der Waals surface area contributed by atoms with Crippen LogP contribution in [0.25, 0.3) is 0 Å². The quantitative estimate of drug-likeness (QED) is 0.902. The molecule has 19 heavy (non-hydrogen) atoms. The Labute approximate surface area is 116 Å². The molecule has 2 unspecified atom stereocenters. The maximum atomic E-state index is 5.61. The standard InChI is InChI=1S/C16H26N2O/c1-12(2)13-5-7-14(8-6-13)16(18(3)4)15-11-19-10-9-17-15/h5-8,12,15-17H,9-11H2,1-4H3. The lowest BCUT2D eigenvalue weighted by Crippen LogP contribution is -2.48. The Morgan fingerprint density at radius 3 is 2.26 bits per heavy atom. The lowest BCUT2D eigenvalue weighted by atomic mass is 9.94. The summed E-state index contributed by atoms with van der Waals surface area (Å²) in [6.45, 7) is 7.01. The smallest absolute Gasteiger partial charge is 0.0639 e. The van der Waals surface area contributed by atoms with E-state index in [4.69, 9.17) is 4.74 Å². The van der Waals surface area contributed by atoms with Crippen molar-refractivity contribution in [2.45, 2.75) is 31.8 Å². The van der Waals surface area contributed by atoms with E-state index in [0.717, 1.165) is 19.8 Å². The van der Waals surface area contributed by atoms with Gasteiger partial charge in [0.2, 0.25) is 0 Å². The van der Waals surface area contributed by atoms with Gasteiger partial charge in [-0.25, -0.2) is 0 Å². The van der Waals surface area contributed by atoms with Gasteiger partial charge in [0.15, 0.2) is 0 Å². The fraction of sp³-hybridized carbons (Fsp3) is 0.625. The number of hydrogen-bond donors (Lipinski definition) is 1. The molecule has 0 aliphatic carbocycles. The van der Waals surface area contributed by atoms with Crippen molar-refractivity contribution in [3.8, 4) is 0 Å². The molecule has 1 aliphatic rings. The van der Waals surface area contributed by atoms with Crippen molar-refractivity contribution < 1.29 is 4.74 Å². The first-order chi connectivity index (χ1) is 9.09. The highest BCUT2D eigenvalue weighted by Crippen LogP contribution is 2.25. The van der Waals surface area contributed by atoms with Crippen LogP contribution in [0.2, 0.25) is 0 Å². The minimum atomic E-state index is 0.363. The van der Waals surface area contributed by atoms with E-state index in [2.05, 4.69) is 62.4 Å². The van der Waals surface area contributed by atoms with Gasteiger partial charge in [-0.15, -0.1) is 0 Å². The van der Waals surface area contributed by atoms with Crippen molar-refractivity contribution in [1.82, 2.24) is 10.2 Å². The number of nitrogens with zero attached hydrogens (tertiary/aromatic N) is 1. The normalized spacial score (nSPS) is 21.9. The van der Waals surface area contributed by atoms with E-state index in [9.17, 15) is 0 Å². The molecule has 2 atom stereocenters. The van der Waals surface area contributed by atoms with Gasteiger partial charge in [0.25, 0.3) is 0 Å². The summed E-state index contributed by atoms with van der Waals surface area (Å²) in [6, 6.07) is 9.75. The van der Waals surface area contributed by atoms with Crippen LogP contribution in [-0.2, 0) is 4.74 Å². The molecule has 0 saturated carbocycles. The van der Waals surface area contributed by atoms with Crippen LogP contribution in [0.1, 0.15) is 36.9 Å². The zero-order valence-corrected chi connectivity index (χ0v) is 12.5. The molecule has 1 aromatic carbocycles. The van der Waals surface area contributed by atoms with Gasteiger partial charge in [0, 0.05) is 6.54 Å².